The third-order valence-corrected chi connectivity index (χ3v) is 5.31. The lowest BCUT2D eigenvalue weighted by Gasteiger charge is -2.25. The Balaban J connectivity index is 2.12. The summed E-state index contributed by atoms with van der Waals surface area (Å²) in [6.07, 6.45) is 0.578. The molecule has 0 radical (unpaired) electrons. The first-order valence-electron chi connectivity index (χ1n) is 8.72. The van der Waals surface area contributed by atoms with Crippen LogP contribution < -0.4 is 0 Å². The van der Waals surface area contributed by atoms with Crippen molar-refractivity contribution in [2.45, 2.75) is 12.5 Å². The molecule has 0 aromatic heterocycles. The van der Waals surface area contributed by atoms with Crippen molar-refractivity contribution >= 4 is 45.0 Å². The van der Waals surface area contributed by atoms with Gasteiger partial charge in [0.25, 0.3) is 11.7 Å². The predicted octanol–water partition coefficient (Wildman–Crippen LogP) is 4.56. The maximum atomic E-state index is 12.8. The van der Waals surface area contributed by atoms with Crippen molar-refractivity contribution < 1.29 is 19.4 Å². The average molecular weight is 465 g/mol. The van der Waals surface area contributed by atoms with E-state index in [2.05, 4.69) is 15.9 Å². The topological polar surface area (TPSA) is 66.8 Å². The number of halogens is 2. The number of ether oxygens (including phenoxy) is 1. The Hall–Kier alpha value is -2.15. The fraction of sp³-hybridized carbons (Fsp3) is 0.238. The second-order valence-electron chi connectivity index (χ2n) is 6.40. The lowest BCUT2D eigenvalue weighted by atomic mass is 9.95. The molecule has 1 aliphatic rings. The summed E-state index contributed by atoms with van der Waals surface area (Å²) in [6.45, 7) is 0.804. The minimum Gasteiger partial charge on any atom is -0.507 e. The molecule has 1 N–H and O–H groups in total. The van der Waals surface area contributed by atoms with Crippen LogP contribution in [-0.4, -0.2) is 42.0 Å². The van der Waals surface area contributed by atoms with Crippen LogP contribution in [0.4, 0.5) is 0 Å². The van der Waals surface area contributed by atoms with Crippen molar-refractivity contribution in [3.63, 3.8) is 0 Å². The quantitative estimate of drug-likeness (QED) is 0.294. The Bertz CT molecular complexity index is 926. The number of hydrogen-bond acceptors (Lipinski definition) is 4. The zero-order valence-corrected chi connectivity index (χ0v) is 17.5. The summed E-state index contributed by atoms with van der Waals surface area (Å²) in [4.78, 5) is 27.0. The van der Waals surface area contributed by atoms with E-state index in [1.54, 1.807) is 31.4 Å². The number of rotatable bonds is 6. The molecule has 7 heteroatoms. The van der Waals surface area contributed by atoms with Gasteiger partial charge in [-0.15, -0.1) is 0 Å². The molecule has 1 heterocycles. The van der Waals surface area contributed by atoms with Gasteiger partial charge in [0, 0.05) is 35.3 Å². The van der Waals surface area contributed by atoms with Crippen molar-refractivity contribution in [3.8, 4) is 0 Å². The summed E-state index contributed by atoms with van der Waals surface area (Å²) in [5.74, 6) is -1.54. The zero-order valence-electron chi connectivity index (χ0n) is 15.2. The Labute approximate surface area is 176 Å². The maximum Gasteiger partial charge on any atom is 0.295 e. The Kier molecular flexibility index (Phi) is 6.54. The van der Waals surface area contributed by atoms with Crippen LogP contribution in [0.3, 0.4) is 0 Å². The molecule has 1 amide bonds. The predicted molar refractivity (Wildman–Crippen MR) is 111 cm³/mol. The minimum absolute atomic E-state index is 0.0721. The Morgan fingerprint density at radius 2 is 1.93 bits per heavy atom. The standard InChI is InChI=1S/C21H19BrClNO4/c1-28-11-3-10-24-18(14-4-2-5-15(22)12-14)17(20(26)21(24)27)19(25)13-6-8-16(23)9-7-13/h2,4-9,12,18,25H,3,10-11H2,1H3/b19-17+/t18-/m1/s1. The molecule has 3 rings (SSSR count). The van der Waals surface area contributed by atoms with E-state index in [1.807, 2.05) is 24.3 Å². The van der Waals surface area contributed by atoms with E-state index in [4.69, 9.17) is 16.3 Å². The van der Waals surface area contributed by atoms with Crippen LogP contribution in [-0.2, 0) is 14.3 Å². The lowest BCUT2D eigenvalue weighted by molar-refractivity contribution is -0.140. The van der Waals surface area contributed by atoms with Crippen LogP contribution in [0.25, 0.3) is 5.76 Å². The van der Waals surface area contributed by atoms with Gasteiger partial charge in [-0.2, -0.15) is 0 Å². The molecular formula is C21H19BrClNO4. The van der Waals surface area contributed by atoms with Gasteiger partial charge in [-0.25, -0.2) is 0 Å². The molecule has 1 saturated heterocycles. The van der Waals surface area contributed by atoms with Gasteiger partial charge in [0.15, 0.2) is 0 Å². The van der Waals surface area contributed by atoms with E-state index in [1.165, 1.54) is 4.90 Å². The fourth-order valence-electron chi connectivity index (χ4n) is 3.28. The molecule has 2 aromatic rings. The fourth-order valence-corrected chi connectivity index (χ4v) is 3.82. The molecule has 5 nitrogen and oxygen atoms in total. The number of hydrogen-bond donors (Lipinski definition) is 1. The van der Waals surface area contributed by atoms with Crippen LogP contribution in [0.2, 0.25) is 5.02 Å². The van der Waals surface area contributed by atoms with Crippen molar-refractivity contribution in [1.29, 1.82) is 0 Å². The number of Topliss-reactive ketones (excluding diaryl/α,β-unsaturated/α-hetero) is 1. The van der Waals surface area contributed by atoms with Gasteiger partial charge in [0.1, 0.15) is 5.76 Å². The smallest absolute Gasteiger partial charge is 0.295 e. The monoisotopic (exact) mass is 463 g/mol. The summed E-state index contributed by atoms with van der Waals surface area (Å²) in [5.41, 5.74) is 1.24. The normalized spacial score (nSPS) is 18.7. The van der Waals surface area contributed by atoms with Crippen LogP contribution in [0.5, 0.6) is 0 Å². The van der Waals surface area contributed by atoms with Gasteiger partial charge >= 0.3 is 0 Å². The summed E-state index contributed by atoms with van der Waals surface area (Å²) >= 11 is 9.35. The first-order valence-corrected chi connectivity index (χ1v) is 9.90. The number of amides is 1. The third kappa shape index (κ3) is 4.14. The van der Waals surface area contributed by atoms with Crippen LogP contribution in [0.1, 0.15) is 23.6 Å². The molecule has 0 unspecified atom stereocenters. The van der Waals surface area contributed by atoms with Crippen molar-refractivity contribution in [3.05, 3.63) is 74.7 Å². The van der Waals surface area contributed by atoms with E-state index in [9.17, 15) is 14.7 Å². The summed E-state index contributed by atoms with van der Waals surface area (Å²) in [7, 11) is 1.58. The molecule has 1 aliphatic heterocycles. The first kappa shape index (κ1) is 20.6. The van der Waals surface area contributed by atoms with E-state index in [0.717, 1.165) is 10.0 Å². The van der Waals surface area contributed by atoms with Crippen LogP contribution in [0, 0.1) is 0 Å². The third-order valence-electron chi connectivity index (χ3n) is 4.57. The minimum atomic E-state index is -0.699. The molecule has 1 fully saturated rings. The number of ketones is 1. The van der Waals surface area contributed by atoms with Crippen LogP contribution >= 0.6 is 27.5 Å². The van der Waals surface area contributed by atoms with Gasteiger partial charge in [0.2, 0.25) is 0 Å². The number of likely N-dealkylation sites (tertiary alicyclic amines) is 1. The molecule has 0 bridgehead atoms. The molecule has 0 spiro atoms. The maximum absolute atomic E-state index is 12.8. The molecule has 2 aromatic carbocycles. The largest absolute Gasteiger partial charge is 0.507 e. The summed E-state index contributed by atoms with van der Waals surface area (Å²) in [6, 6.07) is 13.2. The van der Waals surface area contributed by atoms with Crippen LogP contribution in [0.15, 0.2) is 58.6 Å². The number of aliphatic hydroxyl groups is 1. The van der Waals surface area contributed by atoms with E-state index in [-0.39, 0.29) is 11.3 Å². The van der Waals surface area contributed by atoms with Gasteiger partial charge in [-0.3, -0.25) is 9.59 Å². The number of benzene rings is 2. The van der Waals surface area contributed by atoms with Crippen molar-refractivity contribution in [1.82, 2.24) is 4.90 Å². The van der Waals surface area contributed by atoms with Gasteiger partial charge in [-0.1, -0.05) is 39.7 Å². The highest BCUT2D eigenvalue weighted by atomic mass is 79.9. The molecule has 0 aliphatic carbocycles. The van der Waals surface area contributed by atoms with E-state index < -0.39 is 17.7 Å². The lowest BCUT2D eigenvalue weighted by Crippen LogP contribution is -2.31. The highest BCUT2D eigenvalue weighted by Crippen LogP contribution is 2.40. The van der Waals surface area contributed by atoms with E-state index in [0.29, 0.717) is 30.2 Å². The molecule has 0 saturated carbocycles. The Morgan fingerprint density at radius 3 is 2.57 bits per heavy atom. The Morgan fingerprint density at radius 1 is 1.21 bits per heavy atom. The number of nitrogens with zero attached hydrogens (tertiary/aromatic N) is 1. The summed E-state index contributed by atoms with van der Waals surface area (Å²) in [5, 5.41) is 11.4. The second-order valence-corrected chi connectivity index (χ2v) is 7.75. The second kappa shape index (κ2) is 8.90. The van der Waals surface area contributed by atoms with Gasteiger partial charge in [0.05, 0.1) is 11.6 Å². The SMILES string of the molecule is COCCCN1C(=O)C(=O)/C(=C(/O)c2ccc(Cl)cc2)[C@H]1c1cccc(Br)c1. The first-order chi connectivity index (χ1) is 13.4. The number of carbonyl (C=O) groups excluding carboxylic acids is 2. The van der Waals surface area contributed by atoms with E-state index >= 15 is 0 Å². The molecular weight excluding hydrogens is 446 g/mol. The van der Waals surface area contributed by atoms with Gasteiger partial charge < -0.3 is 14.7 Å². The average Bonchev–Trinajstić information content (AvgIpc) is 2.93. The molecule has 1 atom stereocenters. The van der Waals surface area contributed by atoms with Crippen molar-refractivity contribution in [2.75, 3.05) is 20.3 Å². The molecule has 146 valence electrons. The highest BCUT2D eigenvalue weighted by molar-refractivity contribution is 9.10. The molecule has 28 heavy (non-hydrogen) atoms. The van der Waals surface area contributed by atoms with Gasteiger partial charge in [-0.05, 0) is 48.4 Å². The number of carbonyl (C=O) groups is 2. The number of aliphatic hydroxyl groups excluding tert-OH is 1. The number of methoxy groups -OCH3 is 1. The zero-order chi connectivity index (χ0) is 20.3. The highest BCUT2D eigenvalue weighted by Gasteiger charge is 2.45. The van der Waals surface area contributed by atoms with Crippen molar-refractivity contribution in [2.24, 2.45) is 0 Å². The summed E-state index contributed by atoms with van der Waals surface area (Å²) < 4.78 is 5.89.